The third-order valence-corrected chi connectivity index (χ3v) is 7.89. The molecule has 0 saturated heterocycles. The third kappa shape index (κ3) is 5.44. The normalized spacial score (nSPS) is 30.5. The molecule has 0 aliphatic heterocycles. The fourth-order valence-corrected chi connectivity index (χ4v) is 6.33. The highest BCUT2D eigenvalue weighted by atomic mass is 19.4. The first-order valence-electron chi connectivity index (χ1n) is 11.5. The van der Waals surface area contributed by atoms with Gasteiger partial charge in [-0.2, -0.15) is 13.2 Å². The highest BCUT2D eigenvalue weighted by Gasteiger charge is 2.52. The minimum absolute atomic E-state index is 0.177. The minimum Gasteiger partial charge on any atom is -0.458 e. The number of rotatable bonds is 7. The molecule has 2 saturated carbocycles. The van der Waals surface area contributed by atoms with Crippen molar-refractivity contribution in [3.05, 3.63) is 35.4 Å². The van der Waals surface area contributed by atoms with E-state index in [0.717, 1.165) is 50.7 Å². The quantitative estimate of drug-likeness (QED) is 0.480. The van der Waals surface area contributed by atoms with E-state index in [0.29, 0.717) is 29.7 Å². The van der Waals surface area contributed by atoms with Crippen LogP contribution in [0.2, 0.25) is 0 Å². The summed E-state index contributed by atoms with van der Waals surface area (Å²) < 4.78 is 44.0. The highest BCUT2D eigenvalue weighted by Crippen LogP contribution is 2.58. The first kappa shape index (κ1) is 24.1. The van der Waals surface area contributed by atoms with Crippen molar-refractivity contribution in [3.63, 3.8) is 0 Å². The molecular weight excluding hydrogens is 405 g/mol. The van der Waals surface area contributed by atoms with E-state index in [1.54, 1.807) is 0 Å². The smallest absolute Gasteiger partial charge is 0.416 e. The summed E-state index contributed by atoms with van der Waals surface area (Å²) in [4.78, 5) is 11.6. The molecule has 6 unspecified atom stereocenters. The third-order valence-electron chi connectivity index (χ3n) is 7.89. The van der Waals surface area contributed by atoms with Gasteiger partial charge in [-0.3, -0.25) is 4.79 Å². The lowest BCUT2D eigenvalue weighted by atomic mass is 9.61. The van der Waals surface area contributed by atoms with Crippen molar-refractivity contribution < 1.29 is 27.8 Å². The van der Waals surface area contributed by atoms with E-state index < -0.39 is 23.8 Å². The van der Waals surface area contributed by atoms with Crippen LogP contribution in [0.5, 0.6) is 0 Å². The van der Waals surface area contributed by atoms with E-state index in [-0.39, 0.29) is 11.5 Å². The Hall–Kier alpha value is -1.56. The summed E-state index contributed by atoms with van der Waals surface area (Å²) >= 11 is 0. The van der Waals surface area contributed by atoms with Crippen LogP contribution in [-0.4, -0.2) is 17.2 Å². The number of halogens is 3. The van der Waals surface area contributed by atoms with Crippen molar-refractivity contribution in [2.24, 2.45) is 23.2 Å². The molecule has 2 aliphatic rings. The highest BCUT2D eigenvalue weighted by molar-refractivity contribution is 5.66. The number of alkyl halides is 3. The molecule has 6 heteroatoms. The summed E-state index contributed by atoms with van der Waals surface area (Å²) in [5, 5.41) is 10.5. The van der Waals surface area contributed by atoms with Crippen LogP contribution in [0.15, 0.2) is 24.3 Å². The minimum atomic E-state index is -4.38. The molecule has 0 bridgehead atoms. The lowest BCUT2D eigenvalue weighted by molar-refractivity contribution is -0.147. The van der Waals surface area contributed by atoms with Crippen LogP contribution in [0, 0.1) is 23.2 Å². The molecular formula is C25H35F3O3. The predicted molar refractivity (Wildman–Crippen MR) is 113 cm³/mol. The van der Waals surface area contributed by atoms with Gasteiger partial charge in [0.25, 0.3) is 0 Å². The van der Waals surface area contributed by atoms with Crippen molar-refractivity contribution in [1.29, 1.82) is 0 Å². The molecule has 2 aliphatic carbocycles. The van der Waals surface area contributed by atoms with Crippen molar-refractivity contribution in [2.75, 3.05) is 0 Å². The molecule has 0 radical (unpaired) electrons. The van der Waals surface area contributed by atoms with Crippen LogP contribution in [-0.2, 0) is 15.7 Å². The summed E-state index contributed by atoms with van der Waals surface area (Å²) in [5.74, 6) is 1.03. The van der Waals surface area contributed by atoms with Crippen molar-refractivity contribution in [3.8, 4) is 0 Å². The van der Waals surface area contributed by atoms with Gasteiger partial charge in [-0.1, -0.05) is 38.8 Å². The average molecular weight is 441 g/mol. The monoisotopic (exact) mass is 440 g/mol. The number of carbonyl (C=O) groups excluding carboxylic acids is 1. The lowest BCUT2D eigenvalue weighted by Gasteiger charge is -2.45. The molecule has 2 fully saturated rings. The number of aliphatic hydroxyl groups excluding tert-OH is 1. The number of aliphatic hydroxyl groups is 1. The zero-order valence-corrected chi connectivity index (χ0v) is 18.8. The average Bonchev–Trinajstić information content (AvgIpc) is 3.04. The Kier molecular flexibility index (Phi) is 7.39. The van der Waals surface area contributed by atoms with Gasteiger partial charge in [-0.05, 0) is 79.4 Å². The second kappa shape index (κ2) is 9.51. The molecule has 0 amide bonds. The Morgan fingerprint density at radius 3 is 2.48 bits per heavy atom. The first-order chi connectivity index (χ1) is 14.5. The molecule has 6 atom stereocenters. The van der Waals surface area contributed by atoms with E-state index in [9.17, 15) is 23.1 Å². The van der Waals surface area contributed by atoms with Gasteiger partial charge in [0.1, 0.15) is 6.10 Å². The molecule has 0 aromatic heterocycles. The Balaban J connectivity index is 1.60. The summed E-state index contributed by atoms with van der Waals surface area (Å²) in [6.45, 7) is 5.95. The molecule has 1 aromatic rings. The van der Waals surface area contributed by atoms with Crippen molar-refractivity contribution >= 4 is 5.97 Å². The molecule has 174 valence electrons. The zero-order chi connectivity index (χ0) is 22.8. The van der Waals surface area contributed by atoms with E-state index in [1.165, 1.54) is 25.5 Å². The van der Waals surface area contributed by atoms with Gasteiger partial charge in [0.2, 0.25) is 0 Å². The van der Waals surface area contributed by atoms with E-state index in [2.05, 4.69) is 13.8 Å². The van der Waals surface area contributed by atoms with Gasteiger partial charge in [0.15, 0.2) is 0 Å². The number of ether oxygens (including phenoxy) is 1. The van der Waals surface area contributed by atoms with Crippen LogP contribution in [0.4, 0.5) is 13.2 Å². The molecule has 3 rings (SSSR count). The topological polar surface area (TPSA) is 46.5 Å². The Morgan fingerprint density at radius 1 is 1.19 bits per heavy atom. The fourth-order valence-electron chi connectivity index (χ4n) is 6.33. The van der Waals surface area contributed by atoms with Crippen LogP contribution < -0.4 is 0 Å². The largest absolute Gasteiger partial charge is 0.458 e. The van der Waals surface area contributed by atoms with Gasteiger partial charge < -0.3 is 9.84 Å². The maximum absolute atomic E-state index is 12.8. The van der Waals surface area contributed by atoms with Crippen molar-refractivity contribution in [2.45, 2.75) is 90.5 Å². The summed E-state index contributed by atoms with van der Waals surface area (Å²) in [6, 6.07) is 4.91. The second-order valence-electron chi connectivity index (χ2n) is 9.88. The molecule has 31 heavy (non-hydrogen) atoms. The zero-order valence-electron chi connectivity index (χ0n) is 18.8. The molecule has 3 nitrogen and oxygen atoms in total. The summed E-state index contributed by atoms with van der Waals surface area (Å²) in [7, 11) is 0. The van der Waals surface area contributed by atoms with E-state index >= 15 is 0 Å². The molecule has 1 aromatic carbocycles. The summed E-state index contributed by atoms with van der Waals surface area (Å²) in [5.41, 5.74) is 0.0871. The number of hydrogen-bond donors (Lipinski definition) is 1. The van der Waals surface area contributed by atoms with Crippen LogP contribution in [0.3, 0.4) is 0 Å². The number of esters is 1. The number of hydrogen-bond acceptors (Lipinski definition) is 3. The fraction of sp³-hybridized carbons (Fsp3) is 0.720. The van der Waals surface area contributed by atoms with Gasteiger partial charge in [0, 0.05) is 6.92 Å². The van der Waals surface area contributed by atoms with Crippen LogP contribution in [0.25, 0.3) is 0 Å². The number of carbonyl (C=O) groups is 1. The number of fused-ring (bicyclic) bond motifs is 1. The van der Waals surface area contributed by atoms with Crippen LogP contribution >= 0.6 is 0 Å². The Morgan fingerprint density at radius 2 is 1.87 bits per heavy atom. The predicted octanol–water partition coefficient (Wildman–Crippen LogP) is 6.69. The second-order valence-corrected chi connectivity index (χ2v) is 9.88. The molecule has 0 heterocycles. The number of benzene rings is 1. The maximum Gasteiger partial charge on any atom is 0.416 e. The van der Waals surface area contributed by atoms with Gasteiger partial charge in [0.05, 0.1) is 11.7 Å². The lowest BCUT2D eigenvalue weighted by Crippen LogP contribution is -2.41. The SMILES string of the molecule is CC(=O)OC(CCCC(C)C1CCC2C(O)CCCC12C)c1ccc(C(F)(F)F)cc1. The summed E-state index contributed by atoms with van der Waals surface area (Å²) in [6.07, 6.45) is 2.71. The van der Waals surface area contributed by atoms with E-state index in [1.807, 2.05) is 0 Å². The Labute approximate surface area is 183 Å². The Bertz CT molecular complexity index is 745. The van der Waals surface area contributed by atoms with Gasteiger partial charge in [-0.15, -0.1) is 0 Å². The first-order valence-corrected chi connectivity index (χ1v) is 11.5. The van der Waals surface area contributed by atoms with Crippen LogP contribution in [0.1, 0.15) is 89.4 Å². The van der Waals surface area contributed by atoms with Crippen molar-refractivity contribution in [1.82, 2.24) is 0 Å². The van der Waals surface area contributed by atoms with Gasteiger partial charge in [-0.25, -0.2) is 0 Å². The molecule has 1 N–H and O–H groups in total. The molecule has 0 spiro atoms. The standard InChI is InChI=1S/C25H35F3O3/c1-16(20-13-14-21-22(30)7-5-15-24(20,21)3)6-4-8-23(31-17(2)29)18-9-11-19(12-10-18)25(26,27)28/h9-12,16,20-23,30H,4-8,13-15H2,1-3H3. The van der Waals surface area contributed by atoms with Gasteiger partial charge >= 0.3 is 12.1 Å². The maximum atomic E-state index is 12.8. The van der Waals surface area contributed by atoms with E-state index in [4.69, 9.17) is 4.74 Å².